The fraction of sp³-hybridized carbons (Fsp3) is 0.710. The maximum Gasteiger partial charge on any atom is 0.309 e. The lowest BCUT2D eigenvalue weighted by Crippen LogP contribution is -2.77. The number of aryl methyl sites for hydroxylation is 1. The summed E-state index contributed by atoms with van der Waals surface area (Å²) in [5.41, 5.74) is -0.907. The second kappa shape index (κ2) is 9.62. The molecular weight excluding hydrogens is 515 g/mol. The molecule has 218 valence electrons. The van der Waals surface area contributed by atoms with Crippen molar-refractivity contribution in [2.75, 3.05) is 7.11 Å². The first-order valence-corrected chi connectivity index (χ1v) is 14.9. The van der Waals surface area contributed by atoms with Gasteiger partial charge in [-0.15, -0.1) is 0 Å². The fourth-order valence-corrected chi connectivity index (χ4v) is 8.32. The molecule has 0 radical (unpaired) electrons. The summed E-state index contributed by atoms with van der Waals surface area (Å²) < 4.78 is 26.0. The number of carboxylic acid groups (broad SMARTS) is 1. The van der Waals surface area contributed by atoms with Crippen LogP contribution in [0.25, 0.3) is 0 Å². The topological polar surface area (TPSA) is 114 Å². The van der Waals surface area contributed by atoms with Crippen molar-refractivity contribution >= 4 is 17.8 Å². The van der Waals surface area contributed by atoms with E-state index in [4.69, 9.17) is 9.47 Å². The summed E-state index contributed by atoms with van der Waals surface area (Å²) in [6, 6.07) is 3.31. The number of carbonyl (C=O) groups excluding carboxylic acids is 2. The molecule has 4 unspecified atom stereocenters. The molecule has 6 saturated carbocycles. The van der Waals surface area contributed by atoms with Gasteiger partial charge >= 0.3 is 5.97 Å². The summed E-state index contributed by atoms with van der Waals surface area (Å²) in [6.07, 6.45) is 7.00. The summed E-state index contributed by atoms with van der Waals surface area (Å²) >= 11 is 0. The second-order valence-corrected chi connectivity index (χ2v) is 13.5. The number of methoxy groups -OCH3 is 1. The van der Waals surface area contributed by atoms with Gasteiger partial charge in [-0.3, -0.25) is 14.4 Å². The van der Waals surface area contributed by atoms with Crippen LogP contribution in [0.3, 0.4) is 0 Å². The number of carbonyl (C=O) groups is 3. The highest BCUT2D eigenvalue weighted by Crippen LogP contribution is 2.63. The molecule has 6 aliphatic rings. The molecule has 1 aromatic rings. The van der Waals surface area contributed by atoms with E-state index in [0.29, 0.717) is 68.4 Å². The lowest BCUT2D eigenvalue weighted by Gasteiger charge is -2.66. The number of amides is 2. The molecule has 6 aliphatic carbocycles. The van der Waals surface area contributed by atoms with Crippen LogP contribution >= 0.6 is 0 Å². The SMILES string of the molecule is CCc1cc(OC)c(C(=O)NC2C3CCC(C3)C2C(=O)NC23CC(F)(C2)C3)cc1OC1CCC(C)(C(=O)O)CC1. The number of halogens is 1. The van der Waals surface area contributed by atoms with Gasteiger partial charge in [0.15, 0.2) is 0 Å². The molecule has 7 rings (SSSR count). The van der Waals surface area contributed by atoms with Gasteiger partial charge in [-0.05, 0) is 87.8 Å². The molecule has 0 aliphatic heterocycles. The molecule has 3 N–H and O–H groups in total. The average Bonchev–Trinajstić information content (AvgIpc) is 3.50. The molecule has 40 heavy (non-hydrogen) atoms. The highest BCUT2D eigenvalue weighted by molar-refractivity contribution is 5.98. The zero-order valence-electron chi connectivity index (χ0n) is 23.7. The van der Waals surface area contributed by atoms with Crippen LogP contribution in [0, 0.1) is 23.2 Å². The molecular formula is C31H41FN2O6. The quantitative estimate of drug-likeness (QED) is 0.411. The van der Waals surface area contributed by atoms with Gasteiger partial charge in [0.2, 0.25) is 5.91 Å². The van der Waals surface area contributed by atoms with E-state index >= 15 is 0 Å². The van der Waals surface area contributed by atoms with E-state index in [1.807, 2.05) is 13.0 Å². The van der Waals surface area contributed by atoms with Crippen molar-refractivity contribution in [3.8, 4) is 11.5 Å². The maximum absolute atomic E-state index is 14.0. The minimum absolute atomic E-state index is 0.0535. The Balaban J connectivity index is 1.18. The first-order chi connectivity index (χ1) is 19.0. The van der Waals surface area contributed by atoms with Crippen LogP contribution in [-0.2, 0) is 16.0 Å². The molecule has 6 fully saturated rings. The highest BCUT2D eigenvalue weighted by atomic mass is 19.1. The summed E-state index contributed by atoms with van der Waals surface area (Å²) in [5.74, 6) is 0.109. The Hall–Kier alpha value is -2.84. The smallest absolute Gasteiger partial charge is 0.309 e. The van der Waals surface area contributed by atoms with E-state index in [2.05, 4.69) is 10.6 Å². The van der Waals surface area contributed by atoms with E-state index < -0.39 is 17.1 Å². The molecule has 0 aromatic heterocycles. The van der Waals surface area contributed by atoms with E-state index in [1.165, 1.54) is 7.11 Å². The summed E-state index contributed by atoms with van der Waals surface area (Å²) in [6.45, 7) is 3.80. The number of benzene rings is 1. The number of nitrogens with one attached hydrogen (secondary N) is 2. The van der Waals surface area contributed by atoms with E-state index in [9.17, 15) is 23.9 Å². The van der Waals surface area contributed by atoms with Crippen molar-refractivity contribution in [3.05, 3.63) is 23.3 Å². The molecule has 4 bridgehead atoms. The lowest BCUT2D eigenvalue weighted by atomic mass is 9.47. The third-order valence-electron chi connectivity index (χ3n) is 10.7. The van der Waals surface area contributed by atoms with Crippen molar-refractivity contribution in [1.29, 1.82) is 0 Å². The Bertz CT molecular complexity index is 1200. The van der Waals surface area contributed by atoms with Crippen molar-refractivity contribution in [3.63, 3.8) is 0 Å². The van der Waals surface area contributed by atoms with Gasteiger partial charge in [0, 0.05) is 30.8 Å². The normalized spacial score (nSPS) is 39.0. The van der Waals surface area contributed by atoms with Gasteiger partial charge in [0.1, 0.15) is 17.2 Å². The van der Waals surface area contributed by atoms with Gasteiger partial charge in [-0.25, -0.2) is 4.39 Å². The lowest BCUT2D eigenvalue weighted by molar-refractivity contribution is -0.177. The van der Waals surface area contributed by atoms with Gasteiger partial charge in [0.25, 0.3) is 5.91 Å². The van der Waals surface area contributed by atoms with Crippen molar-refractivity contribution in [2.24, 2.45) is 23.2 Å². The Labute approximate surface area is 234 Å². The van der Waals surface area contributed by atoms with Crippen molar-refractivity contribution < 1.29 is 33.4 Å². The number of fused-ring (bicyclic) bond motifs is 2. The number of carboxylic acids is 1. The highest BCUT2D eigenvalue weighted by Gasteiger charge is 2.70. The zero-order valence-corrected chi connectivity index (χ0v) is 23.7. The first-order valence-electron chi connectivity index (χ1n) is 14.9. The molecule has 1 aromatic carbocycles. The number of ether oxygens (including phenoxy) is 2. The summed E-state index contributed by atoms with van der Waals surface area (Å²) in [4.78, 5) is 38.8. The van der Waals surface area contributed by atoms with E-state index in [0.717, 1.165) is 24.8 Å². The van der Waals surface area contributed by atoms with Gasteiger partial charge in [-0.2, -0.15) is 0 Å². The standard InChI is InChI=1S/C31H41FN2O6/c1-4-17-12-23(39-3)21(13-22(17)40-20-7-9-29(2,10-8-20)28(37)38)26(35)33-25-19-6-5-18(11-19)24(25)27(36)34-31-14-30(32,15-31)16-31/h12-13,18-20,24-25H,4-11,14-16H2,1-3H3,(H,33,35)(H,34,36)(H,37,38). The number of rotatable bonds is 9. The van der Waals surface area contributed by atoms with Crippen LogP contribution in [0.5, 0.6) is 11.5 Å². The number of aliphatic carboxylic acids is 1. The predicted octanol–water partition coefficient (Wildman–Crippen LogP) is 4.58. The summed E-state index contributed by atoms with van der Waals surface area (Å²) in [5, 5.41) is 15.9. The fourth-order valence-electron chi connectivity index (χ4n) is 8.32. The van der Waals surface area contributed by atoms with Crippen LogP contribution in [0.2, 0.25) is 0 Å². The van der Waals surface area contributed by atoms with Crippen LogP contribution < -0.4 is 20.1 Å². The van der Waals surface area contributed by atoms with Gasteiger partial charge < -0.3 is 25.2 Å². The third-order valence-corrected chi connectivity index (χ3v) is 10.7. The van der Waals surface area contributed by atoms with Crippen molar-refractivity contribution in [2.45, 2.75) is 108 Å². The zero-order chi connectivity index (χ0) is 28.4. The van der Waals surface area contributed by atoms with Gasteiger partial charge in [0.05, 0.1) is 30.1 Å². The largest absolute Gasteiger partial charge is 0.496 e. The minimum Gasteiger partial charge on any atom is -0.496 e. The third kappa shape index (κ3) is 4.53. The molecule has 0 spiro atoms. The number of hydrogen-bond donors (Lipinski definition) is 3. The van der Waals surface area contributed by atoms with Crippen LogP contribution in [0.15, 0.2) is 12.1 Å². The average molecular weight is 557 g/mol. The monoisotopic (exact) mass is 556 g/mol. The van der Waals surface area contributed by atoms with Crippen LogP contribution in [0.1, 0.15) is 94.0 Å². The minimum atomic E-state index is -1.08. The molecule has 2 amide bonds. The predicted molar refractivity (Wildman–Crippen MR) is 145 cm³/mol. The van der Waals surface area contributed by atoms with Crippen LogP contribution in [-0.4, -0.2) is 53.4 Å². The number of hydrogen-bond acceptors (Lipinski definition) is 5. The van der Waals surface area contributed by atoms with E-state index in [1.54, 1.807) is 13.0 Å². The Kier molecular flexibility index (Phi) is 6.58. The van der Waals surface area contributed by atoms with Gasteiger partial charge in [-0.1, -0.05) is 6.92 Å². The second-order valence-electron chi connectivity index (χ2n) is 13.5. The summed E-state index contributed by atoms with van der Waals surface area (Å²) in [7, 11) is 1.54. The molecule has 4 atom stereocenters. The van der Waals surface area contributed by atoms with Crippen LogP contribution in [0.4, 0.5) is 4.39 Å². The van der Waals surface area contributed by atoms with E-state index in [-0.39, 0.29) is 47.3 Å². The maximum atomic E-state index is 14.0. The first kappa shape index (κ1) is 27.3. The number of alkyl halides is 1. The Morgan fingerprint density at radius 1 is 1.05 bits per heavy atom. The molecule has 8 nitrogen and oxygen atoms in total. The Morgan fingerprint density at radius 2 is 1.73 bits per heavy atom. The Morgan fingerprint density at radius 3 is 2.33 bits per heavy atom. The molecule has 0 heterocycles. The molecule has 9 heteroatoms. The molecule has 0 saturated heterocycles. The van der Waals surface area contributed by atoms with Crippen molar-refractivity contribution in [1.82, 2.24) is 10.6 Å².